The SMILES string of the molecule is CC(C)(C)Nc1c(-c2ccc(Br)cc2)nc2cnccn12. The van der Waals surface area contributed by atoms with Crippen molar-refractivity contribution in [2.24, 2.45) is 0 Å². The largest absolute Gasteiger partial charge is 0.365 e. The fraction of sp³-hybridized carbons (Fsp3) is 0.250. The predicted molar refractivity (Wildman–Crippen MR) is 89.5 cm³/mol. The fourth-order valence-electron chi connectivity index (χ4n) is 2.19. The van der Waals surface area contributed by atoms with E-state index in [4.69, 9.17) is 4.98 Å². The summed E-state index contributed by atoms with van der Waals surface area (Å²) in [7, 11) is 0. The summed E-state index contributed by atoms with van der Waals surface area (Å²) in [6.07, 6.45) is 5.48. The van der Waals surface area contributed by atoms with E-state index < -0.39 is 0 Å². The molecule has 108 valence electrons. The number of anilines is 1. The smallest absolute Gasteiger partial charge is 0.157 e. The Hall–Kier alpha value is -1.88. The van der Waals surface area contributed by atoms with E-state index in [-0.39, 0.29) is 5.54 Å². The van der Waals surface area contributed by atoms with Crippen molar-refractivity contribution in [3.05, 3.63) is 47.3 Å². The highest BCUT2D eigenvalue weighted by Gasteiger charge is 2.19. The maximum absolute atomic E-state index is 4.72. The van der Waals surface area contributed by atoms with Gasteiger partial charge in [0.1, 0.15) is 11.5 Å². The Morgan fingerprint density at radius 2 is 1.86 bits per heavy atom. The van der Waals surface area contributed by atoms with Gasteiger partial charge in [0.15, 0.2) is 5.65 Å². The van der Waals surface area contributed by atoms with Gasteiger partial charge in [-0.3, -0.25) is 9.38 Å². The molecule has 0 fully saturated rings. The van der Waals surface area contributed by atoms with Crippen molar-refractivity contribution in [2.75, 3.05) is 5.32 Å². The molecule has 2 heterocycles. The summed E-state index contributed by atoms with van der Waals surface area (Å²) in [6, 6.07) is 8.18. The number of hydrogen-bond acceptors (Lipinski definition) is 3. The maximum atomic E-state index is 4.72. The molecule has 0 unspecified atom stereocenters. The average Bonchev–Trinajstić information content (AvgIpc) is 2.77. The highest BCUT2D eigenvalue weighted by Crippen LogP contribution is 2.31. The second kappa shape index (κ2) is 5.15. The number of imidazole rings is 1. The van der Waals surface area contributed by atoms with E-state index >= 15 is 0 Å². The quantitative estimate of drug-likeness (QED) is 0.750. The summed E-state index contributed by atoms with van der Waals surface area (Å²) in [4.78, 5) is 8.87. The standard InChI is InChI=1S/C16H17BrN4/c1-16(2,3)20-15-14(11-4-6-12(17)7-5-11)19-13-10-18-8-9-21(13)15/h4-10,20H,1-3H3. The minimum Gasteiger partial charge on any atom is -0.365 e. The monoisotopic (exact) mass is 344 g/mol. The van der Waals surface area contributed by atoms with Crippen LogP contribution in [0.3, 0.4) is 0 Å². The molecule has 4 nitrogen and oxygen atoms in total. The fourth-order valence-corrected chi connectivity index (χ4v) is 2.45. The summed E-state index contributed by atoms with van der Waals surface area (Å²) < 4.78 is 3.09. The number of rotatable bonds is 2. The lowest BCUT2D eigenvalue weighted by molar-refractivity contribution is 0.629. The molecule has 0 aliphatic carbocycles. The van der Waals surface area contributed by atoms with Gasteiger partial charge in [-0.1, -0.05) is 28.1 Å². The molecule has 0 aliphatic heterocycles. The molecule has 0 saturated heterocycles. The Kier molecular flexibility index (Phi) is 3.45. The third-order valence-corrected chi connectivity index (χ3v) is 3.57. The number of benzene rings is 1. The summed E-state index contributed by atoms with van der Waals surface area (Å²) in [5.41, 5.74) is 2.80. The van der Waals surface area contributed by atoms with E-state index in [0.29, 0.717) is 0 Å². The number of fused-ring (bicyclic) bond motifs is 1. The summed E-state index contributed by atoms with van der Waals surface area (Å²) in [6.45, 7) is 6.41. The summed E-state index contributed by atoms with van der Waals surface area (Å²) in [5.74, 6) is 0.988. The van der Waals surface area contributed by atoms with Crippen LogP contribution < -0.4 is 5.32 Å². The van der Waals surface area contributed by atoms with Crippen LogP contribution in [0.5, 0.6) is 0 Å². The topological polar surface area (TPSA) is 42.2 Å². The number of halogens is 1. The zero-order valence-electron chi connectivity index (χ0n) is 12.3. The molecule has 1 N–H and O–H groups in total. The Bertz CT molecular complexity index is 769. The molecule has 5 heteroatoms. The van der Waals surface area contributed by atoms with Crippen LogP contribution >= 0.6 is 15.9 Å². The van der Waals surface area contributed by atoms with Crippen LogP contribution in [-0.2, 0) is 0 Å². The molecule has 1 aromatic carbocycles. The molecule has 0 amide bonds. The van der Waals surface area contributed by atoms with E-state index in [1.807, 2.05) is 22.7 Å². The number of nitrogens with zero attached hydrogens (tertiary/aromatic N) is 3. The third-order valence-electron chi connectivity index (χ3n) is 3.04. The molecule has 3 rings (SSSR count). The molecule has 21 heavy (non-hydrogen) atoms. The molecule has 0 aliphatic rings. The van der Waals surface area contributed by atoms with Crippen molar-refractivity contribution in [3.63, 3.8) is 0 Å². The van der Waals surface area contributed by atoms with Gasteiger partial charge in [0.05, 0.1) is 6.20 Å². The lowest BCUT2D eigenvalue weighted by Gasteiger charge is -2.22. The minimum atomic E-state index is -0.0522. The van der Waals surface area contributed by atoms with Crippen molar-refractivity contribution in [1.82, 2.24) is 14.4 Å². The zero-order chi connectivity index (χ0) is 15.0. The van der Waals surface area contributed by atoms with Gasteiger partial charge in [0, 0.05) is 28.0 Å². The molecule has 0 saturated carbocycles. The highest BCUT2D eigenvalue weighted by atomic mass is 79.9. The van der Waals surface area contributed by atoms with E-state index in [0.717, 1.165) is 27.2 Å². The zero-order valence-corrected chi connectivity index (χ0v) is 13.8. The van der Waals surface area contributed by atoms with Crippen LogP contribution in [0.15, 0.2) is 47.3 Å². The molecular formula is C16H17BrN4. The third kappa shape index (κ3) is 2.93. The summed E-state index contributed by atoms with van der Waals surface area (Å²) >= 11 is 3.47. The molecule has 0 bridgehead atoms. The number of hydrogen-bond donors (Lipinski definition) is 1. The summed E-state index contributed by atoms with van der Waals surface area (Å²) in [5, 5.41) is 3.55. The normalized spacial score (nSPS) is 11.8. The Morgan fingerprint density at radius 3 is 2.52 bits per heavy atom. The van der Waals surface area contributed by atoms with Gasteiger partial charge < -0.3 is 5.32 Å². The molecule has 3 aromatic rings. The van der Waals surface area contributed by atoms with Crippen molar-refractivity contribution in [3.8, 4) is 11.3 Å². The minimum absolute atomic E-state index is 0.0522. The first-order valence-electron chi connectivity index (χ1n) is 6.80. The van der Waals surface area contributed by atoms with Crippen LogP contribution in [0.1, 0.15) is 20.8 Å². The Morgan fingerprint density at radius 1 is 1.14 bits per heavy atom. The molecular weight excluding hydrogens is 328 g/mol. The lowest BCUT2D eigenvalue weighted by Crippen LogP contribution is -2.27. The number of nitrogens with one attached hydrogen (secondary N) is 1. The van der Waals surface area contributed by atoms with Crippen molar-refractivity contribution >= 4 is 27.4 Å². The number of aromatic nitrogens is 3. The predicted octanol–water partition coefficient (Wildman–Crippen LogP) is 4.37. The maximum Gasteiger partial charge on any atom is 0.157 e. The second-order valence-electron chi connectivity index (χ2n) is 6.00. The average molecular weight is 345 g/mol. The van der Waals surface area contributed by atoms with Crippen LogP contribution in [0, 0.1) is 0 Å². The van der Waals surface area contributed by atoms with E-state index in [1.165, 1.54) is 0 Å². The van der Waals surface area contributed by atoms with Crippen LogP contribution in [-0.4, -0.2) is 19.9 Å². The van der Waals surface area contributed by atoms with Gasteiger partial charge in [-0.15, -0.1) is 0 Å². The van der Waals surface area contributed by atoms with Gasteiger partial charge in [0.2, 0.25) is 0 Å². The van der Waals surface area contributed by atoms with Crippen molar-refractivity contribution in [1.29, 1.82) is 0 Å². The molecule has 0 radical (unpaired) electrons. The van der Waals surface area contributed by atoms with Crippen LogP contribution in [0.25, 0.3) is 16.9 Å². The molecule has 0 atom stereocenters. The first-order valence-corrected chi connectivity index (χ1v) is 7.59. The van der Waals surface area contributed by atoms with Crippen molar-refractivity contribution in [2.45, 2.75) is 26.3 Å². The molecule has 0 spiro atoms. The second-order valence-corrected chi connectivity index (χ2v) is 6.91. The Labute approximate surface area is 132 Å². The highest BCUT2D eigenvalue weighted by molar-refractivity contribution is 9.10. The lowest BCUT2D eigenvalue weighted by atomic mass is 10.1. The van der Waals surface area contributed by atoms with E-state index in [1.54, 1.807) is 12.4 Å². The first kappa shape index (κ1) is 14.1. The van der Waals surface area contributed by atoms with E-state index in [9.17, 15) is 0 Å². The Balaban J connectivity index is 2.21. The van der Waals surface area contributed by atoms with Gasteiger partial charge in [-0.2, -0.15) is 0 Å². The van der Waals surface area contributed by atoms with Gasteiger partial charge >= 0.3 is 0 Å². The van der Waals surface area contributed by atoms with Gasteiger partial charge in [-0.05, 0) is 32.9 Å². The molecule has 2 aromatic heterocycles. The van der Waals surface area contributed by atoms with E-state index in [2.05, 4.69) is 59.1 Å². The first-order chi connectivity index (χ1) is 9.94. The van der Waals surface area contributed by atoms with Gasteiger partial charge in [0.25, 0.3) is 0 Å². The van der Waals surface area contributed by atoms with Crippen LogP contribution in [0.4, 0.5) is 5.82 Å². The van der Waals surface area contributed by atoms with Crippen molar-refractivity contribution < 1.29 is 0 Å². The van der Waals surface area contributed by atoms with Crippen LogP contribution in [0.2, 0.25) is 0 Å². The van der Waals surface area contributed by atoms with Gasteiger partial charge in [-0.25, -0.2) is 4.98 Å².